The van der Waals surface area contributed by atoms with Crippen LogP contribution in [0.5, 0.6) is 0 Å². The van der Waals surface area contributed by atoms with E-state index in [9.17, 15) is 9.90 Å². The highest BCUT2D eigenvalue weighted by Gasteiger charge is 2.11. The second-order valence-electron chi connectivity index (χ2n) is 7.22. The van der Waals surface area contributed by atoms with Crippen LogP contribution < -0.4 is 5.76 Å². The highest BCUT2D eigenvalue weighted by Crippen LogP contribution is 2.21. The van der Waals surface area contributed by atoms with Crippen molar-refractivity contribution in [1.82, 2.24) is 14.1 Å². The Morgan fingerprint density at radius 2 is 1.96 bits per heavy atom. The van der Waals surface area contributed by atoms with Crippen molar-refractivity contribution in [2.75, 3.05) is 5.75 Å². The monoisotopic (exact) mass is 397 g/mol. The maximum Gasteiger partial charge on any atom is 0.419 e. The van der Waals surface area contributed by atoms with E-state index in [-0.39, 0.29) is 5.76 Å². The molecule has 0 spiro atoms. The Morgan fingerprint density at radius 1 is 1.18 bits per heavy atom. The maximum atomic E-state index is 11.6. The predicted molar refractivity (Wildman–Crippen MR) is 113 cm³/mol. The molecule has 0 amide bonds. The topological polar surface area (TPSA) is 73.2 Å². The van der Waals surface area contributed by atoms with Crippen molar-refractivity contribution in [3.63, 3.8) is 0 Å². The van der Waals surface area contributed by atoms with E-state index < -0.39 is 6.10 Å². The normalized spacial score (nSPS) is 12.9. The van der Waals surface area contributed by atoms with Crippen LogP contribution in [-0.2, 0) is 19.3 Å². The number of hydrogen-bond donors (Lipinski definition) is 1. The molecule has 0 bridgehead atoms. The first-order valence-corrected chi connectivity index (χ1v) is 10.3. The first kappa shape index (κ1) is 18.8. The van der Waals surface area contributed by atoms with Crippen LogP contribution in [0.25, 0.3) is 22.1 Å². The number of imidazole rings is 1. The van der Waals surface area contributed by atoms with Gasteiger partial charge in [-0.1, -0.05) is 6.07 Å². The summed E-state index contributed by atoms with van der Waals surface area (Å²) in [6.07, 6.45) is 1.33. The van der Waals surface area contributed by atoms with Gasteiger partial charge in [0, 0.05) is 18.6 Å². The molecule has 146 valence electrons. The van der Waals surface area contributed by atoms with Gasteiger partial charge in [0.15, 0.2) is 5.58 Å². The number of aliphatic hydroxyl groups excluding tert-OH is 1. The van der Waals surface area contributed by atoms with E-state index in [0.29, 0.717) is 17.9 Å². The SMILES string of the molecule is Cc1cc2ncn(CC(O)CSCc3ccc4oc(=O)n(C)c4c3)c2cc1C. The first-order valence-electron chi connectivity index (χ1n) is 9.18. The van der Waals surface area contributed by atoms with Gasteiger partial charge in [-0.15, -0.1) is 0 Å². The Balaban J connectivity index is 1.38. The number of oxazole rings is 1. The fourth-order valence-electron chi connectivity index (χ4n) is 3.31. The Bertz CT molecular complexity index is 1210. The van der Waals surface area contributed by atoms with Crippen LogP contribution in [0.4, 0.5) is 0 Å². The largest absolute Gasteiger partial charge is 0.419 e. The average molecular weight is 398 g/mol. The van der Waals surface area contributed by atoms with E-state index in [1.807, 2.05) is 22.8 Å². The third-order valence-corrected chi connectivity index (χ3v) is 6.24. The Hall–Kier alpha value is -2.51. The highest BCUT2D eigenvalue weighted by atomic mass is 32.2. The van der Waals surface area contributed by atoms with E-state index >= 15 is 0 Å². The summed E-state index contributed by atoms with van der Waals surface area (Å²) in [6, 6.07) is 9.96. The molecular formula is C21H23N3O3S. The number of rotatable bonds is 6. The zero-order chi connectivity index (χ0) is 19.8. The van der Waals surface area contributed by atoms with Crippen LogP contribution in [0, 0.1) is 13.8 Å². The highest BCUT2D eigenvalue weighted by molar-refractivity contribution is 7.98. The molecule has 28 heavy (non-hydrogen) atoms. The molecule has 0 aliphatic heterocycles. The van der Waals surface area contributed by atoms with Crippen LogP contribution >= 0.6 is 11.8 Å². The van der Waals surface area contributed by atoms with Gasteiger partial charge in [0.25, 0.3) is 0 Å². The lowest BCUT2D eigenvalue weighted by Gasteiger charge is -2.12. The van der Waals surface area contributed by atoms with Crippen molar-refractivity contribution in [2.45, 2.75) is 32.2 Å². The van der Waals surface area contributed by atoms with Crippen molar-refractivity contribution < 1.29 is 9.52 Å². The lowest BCUT2D eigenvalue weighted by molar-refractivity contribution is 0.179. The summed E-state index contributed by atoms with van der Waals surface area (Å²) in [5, 5.41) is 10.5. The molecule has 1 atom stereocenters. The van der Waals surface area contributed by atoms with Gasteiger partial charge in [0.1, 0.15) is 0 Å². The van der Waals surface area contributed by atoms with Gasteiger partial charge >= 0.3 is 5.76 Å². The van der Waals surface area contributed by atoms with Gasteiger partial charge in [-0.05, 0) is 54.8 Å². The quantitative estimate of drug-likeness (QED) is 0.540. The molecule has 4 aromatic rings. The van der Waals surface area contributed by atoms with Crippen molar-refractivity contribution in [3.8, 4) is 0 Å². The number of aliphatic hydroxyl groups is 1. The Kier molecular flexibility index (Phi) is 5.03. The Morgan fingerprint density at radius 3 is 2.79 bits per heavy atom. The summed E-state index contributed by atoms with van der Waals surface area (Å²) in [7, 11) is 1.70. The number of aromatic nitrogens is 3. The molecule has 2 aromatic heterocycles. The van der Waals surface area contributed by atoms with Crippen molar-refractivity contribution >= 4 is 33.9 Å². The Labute approximate surface area is 166 Å². The molecule has 0 radical (unpaired) electrons. The predicted octanol–water partition coefficient (Wildman–Crippen LogP) is 3.39. The van der Waals surface area contributed by atoms with Crippen molar-refractivity contribution in [1.29, 1.82) is 0 Å². The molecule has 0 saturated carbocycles. The zero-order valence-electron chi connectivity index (χ0n) is 16.2. The molecule has 0 saturated heterocycles. The number of benzene rings is 2. The second kappa shape index (κ2) is 7.48. The summed E-state index contributed by atoms with van der Waals surface area (Å²) in [6.45, 7) is 4.68. The van der Waals surface area contributed by atoms with Gasteiger partial charge in [-0.2, -0.15) is 11.8 Å². The van der Waals surface area contributed by atoms with E-state index in [1.165, 1.54) is 15.7 Å². The molecule has 7 heteroatoms. The minimum atomic E-state index is -0.467. The van der Waals surface area contributed by atoms with E-state index in [1.54, 1.807) is 25.1 Å². The van der Waals surface area contributed by atoms with Gasteiger partial charge in [0.05, 0.1) is 35.5 Å². The van der Waals surface area contributed by atoms with Crippen LogP contribution in [0.1, 0.15) is 16.7 Å². The molecule has 6 nitrogen and oxygen atoms in total. The van der Waals surface area contributed by atoms with Gasteiger partial charge in [-0.25, -0.2) is 9.78 Å². The lowest BCUT2D eigenvalue weighted by Crippen LogP contribution is -2.18. The summed E-state index contributed by atoms with van der Waals surface area (Å²) >= 11 is 1.67. The van der Waals surface area contributed by atoms with Crippen molar-refractivity contribution in [3.05, 3.63) is 63.9 Å². The van der Waals surface area contributed by atoms with Crippen molar-refractivity contribution in [2.24, 2.45) is 7.05 Å². The van der Waals surface area contributed by atoms with Crippen LogP contribution in [-0.4, -0.2) is 31.1 Å². The standard InChI is InChI=1S/C21H23N3O3S/c1-13-6-17-18(7-14(13)2)24(12-22-17)9-16(25)11-28-10-15-4-5-20-19(8-15)23(3)21(26)27-20/h4-8,12,16,25H,9-11H2,1-3H3. The lowest BCUT2D eigenvalue weighted by atomic mass is 10.1. The number of fused-ring (bicyclic) bond motifs is 2. The molecule has 0 aliphatic rings. The third-order valence-electron chi connectivity index (χ3n) is 5.08. The van der Waals surface area contributed by atoms with Gasteiger partial charge < -0.3 is 14.1 Å². The summed E-state index contributed by atoms with van der Waals surface area (Å²) < 4.78 is 8.68. The van der Waals surface area contributed by atoms with E-state index in [4.69, 9.17) is 4.42 Å². The maximum absolute atomic E-state index is 11.6. The minimum absolute atomic E-state index is 0.354. The van der Waals surface area contributed by atoms with Crippen LogP contribution in [0.2, 0.25) is 0 Å². The van der Waals surface area contributed by atoms with E-state index in [0.717, 1.165) is 27.9 Å². The smallest absolute Gasteiger partial charge is 0.408 e. The summed E-state index contributed by atoms with van der Waals surface area (Å²) in [5.74, 6) is 1.02. The van der Waals surface area contributed by atoms with E-state index in [2.05, 4.69) is 31.0 Å². The molecule has 2 aromatic carbocycles. The number of aryl methyl sites for hydroxylation is 3. The molecule has 1 N–H and O–H groups in total. The summed E-state index contributed by atoms with van der Waals surface area (Å²) in [4.78, 5) is 16.0. The summed E-state index contributed by atoms with van der Waals surface area (Å²) in [5.41, 5.74) is 6.95. The van der Waals surface area contributed by atoms with Gasteiger partial charge in [-0.3, -0.25) is 4.57 Å². The molecule has 1 unspecified atom stereocenters. The molecule has 0 fully saturated rings. The second-order valence-corrected chi connectivity index (χ2v) is 8.25. The average Bonchev–Trinajstić information content (AvgIpc) is 3.16. The van der Waals surface area contributed by atoms with Crippen LogP contribution in [0.15, 0.2) is 45.9 Å². The number of nitrogens with zero attached hydrogens (tertiary/aromatic N) is 3. The third kappa shape index (κ3) is 3.59. The molecule has 4 rings (SSSR count). The fourth-order valence-corrected chi connectivity index (χ4v) is 4.22. The number of thioether (sulfide) groups is 1. The molecular weight excluding hydrogens is 374 g/mol. The molecule has 0 aliphatic carbocycles. The zero-order valence-corrected chi connectivity index (χ0v) is 17.0. The van der Waals surface area contributed by atoms with Gasteiger partial charge in [0.2, 0.25) is 0 Å². The fraction of sp³-hybridized carbons (Fsp3) is 0.333. The number of hydrogen-bond acceptors (Lipinski definition) is 5. The molecule has 2 heterocycles. The van der Waals surface area contributed by atoms with Crippen LogP contribution in [0.3, 0.4) is 0 Å². The first-order chi connectivity index (χ1) is 13.4. The minimum Gasteiger partial charge on any atom is -0.408 e.